The van der Waals surface area contributed by atoms with E-state index in [0.717, 1.165) is 27.4 Å². The summed E-state index contributed by atoms with van der Waals surface area (Å²) in [7, 11) is -2.50. The van der Waals surface area contributed by atoms with Gasteiger partial charge in [0.2, 0.25) is 7.23 Å². The number of rotatable bonds is 3. The van der Waals surface area contributed by atoms with Crippen LogP contribution in [0.3, 0.4) is 0 Å². The van der Waals surface area contributed by atoms with Gasteiger partial charge in [-0.1, -0.05) is 42.5 Å². The first-order valence-corrected chi connectivity index (χ1v) is 7.71. The topological polar surface area (TPSA) is 37.3 Å². The van der Waals surface area contributed by atoms with E-state index in [1.54, 1.807) is 0 Å². The fourth-order valence-electron chi connectivity index (χ4n) is 1.45. The summed E-state index contributed by atoms with van der Waals surface area (Å²) in [6, 6.07) is 17.7. The lowest BCUT2D eigenvalue weighted by Crippen LogP contribution is -1.76. The first-order valence-electron chi connectivity index (χ1n) is 4.82. The van der Waals surface area contributed by atoms with Crippen molar-refractivity contribution >= 4 is 18.6 Å². The molecule has 0 amide bonds. The second-order valence-electron chi connectivity index (χ2n) is 3.26. The summed E-state index contributed by atoms with van der Waals surface area (Å²) in [6.07, 6.45) is 0. The van der Waals surface area contributed by atoms with Crippen LogP contribution < -0.4 is 0 Å². The Morgan fingerprint density at radius 1 is 0.875 bits per heavy atom. The Morgan fingerprint density at radius 3 is 2.00 bits per heavy atom. The number of hydrogen-bond donors (Lipinski definition) is 1. The summed E-state index contributed by atoms with van der Waals surface area (Å²) in [5, 5.41) is 0. The van der Waals surface area contributed by atoms with Gasteiger partial charge in [-0.3, -0.25) is 4.57 Å². The minimum atomic E-state index is -2.50. The van der Waals surface area contributed by atoms with Crippen LogP contribution in [0.5, 0.6) is 0 Å². The van der Waals surface area contributed by atoms with Crippen molar-refractivity contribution in [1.82, 2.24) is 0 Å². The maximum Gasteiger partial charge on any atom is 0.248 e. The monoisotopic (exact) mass is 250 g/mol. The predicted octanol–water partition coefficient (Wildman–Crippen LogP) is 3.83. The van der Waals surface area contributed by atoms with E-state index >= 15 is 0 Å². The molecule has 2 aromatic carbocycles. The largest absolute Gasteiger partial charge is 0.339 e. The van der Waals surface area contributed by atoms with Gasteiger partial charge in [-0.15, -0.1) is 0 Å². The minimum absolute atomic E-state index is 0.825. The van der Waals surface area contributed by atoms with Gasteiger partial charge in [0.05, 0.1) is 0 Å². The predicted molar refractivity (Wildman–Crippen MR) is 69.0 cm³/mol. The fourth-order valence-corrected chi connectivity index (χ4v) is 2.93. The molecule has 82 valence electrons. The third-order valence-corrected chi connectivity index (χ3v) is 4.08. The van der Waals surface area contributed by atoms with E-state index in [4.69, 9.17) is 4.89 Å². The summed E-state index contributed by atoms with van der Waals surface area (Å²) < 4.78 is 10.7. The molecular formula is C12H11O2PS. The van der Waals surface area contributed by atoms with Crippen molar-refractivity contribution in [1.29, 1.82) is 0 Å². The first kappa shape index (κ1) is 11.5. The molecule has 0 radical (unpaired) electrons. The Morgan fingerprint density at radius 2 is 1.44 bits per heavy atom. The van der Waals surface area contributed by atoms with E-state index in [2.05, 4.69) is 0 Å². The molecule has 0 saturated heterocycles. The Hall–Kier alpha value is -1.02. The zero-order valence-corrected chi connectivity index (χ0v) is 10.3. The number of benzene rings is 2. The summed E-state index contributed by atoms with van der Waals surface area (Å²) in [5.74, 6) is 0. The van der Waals surface area contributed by atoms with Crippen LogP contribution in [0, 0.1) is 0 Å². The molecule has 0 aromatic heterocycles. The molecule has 0 heterocycles. The van der Waals surface area contributed by atoms with Gasteiger partial charge in [0.15, 0.2) is 0 Å². The van der Waals surface area contributed by atoms with Crippen LogP contribution in [0.15, 0.2) is 59.5 Å². The smallest absolute Gasteiger partial charge is 0.248 e. The minimum Gasteiger partial charge on any atom is -0.339 e. The Kier molecular flexibility index (Phi) is 3.83. The van der Waals surface area contributed by atoms with Gasteiger partial charge in [0.1, 0.15) is 0 Å². The molecule has 0 saturated carbocycles. The van der Waals surface area contributed by atoms with Crippen LogP contribution in [0.4, 0.5) is 0 Å². The van der Waals surface area contributed by atoms with Crippen molar-refractivity contribution < 1.29 is 9.46 Å². The molecule has 0 bridgehead atoms. The van der Waals surface area contributed by atoms with Crippen molar-refractivity contribution in [2.24, 2.45) is 0 Å². The second-order valence-corrected chi connectivity index (χ2v) is 6.13. The quantitative estimate of drug-likeness (QED) is 0.841. The SMILES string of the molecule is O=[PH](O)Sc1ccc(-c2ccccc2)cc1. The Bertz CT molecular complexity index is 482. The average molecular weight is 250 g/mol. The zero-order valence-electron chi connectivity index (χ0n) is 8.46. The summed E-state index contributed by atoms with van der Waals surface area (Å²) in [4.78, 5) is 9.63. The second kappa shape index (κ2) is 5.35. The summed E-state index contributed by atoms with van der Waals surface area (Å²) in [6.45, 7) is 0. The lowest BCUT2D eigenvalue weighted by Gasteiger charge is -2.02. The van der Waals surface area contributed by atoms with Gasteiger partial charge in [0, 0.05) is 4.90 Å². The van der Waals surface area contributed by atoms with Crippen LogP contribution in [-0.2, 0) is 4.57 Å². The highest BCUT2D eigenvalue weighted by atomic mass is 32.7. The molecule has 2 rings (SSSR count). The molecule has 0 aliphatic heterocycles. The molecule has 1 atom stereocenters. The van der Waals surface area contributed by atoms with Gasteiger partial charge in [-0.2, -0.15) is 0 Å². The maximum absolute atomic E-state index is 10.7. The van der Waals surface area contributed by atoms with Crippen molar-refractivity contribution in [3.8, 4) is 11.1 Å². The highest BCUT2D eigenvalue weighted by Crippen LogP contribution is 2.40. The van der Waals surface area contributed by atoms with E-state index in [-0.39, 0.29) is 0 Å². The number of hydrogen-bond acceptors (Lipinski definition) is 2. The highest BCUT2D eigenvalue weighted by Gasteiger charge is 1.99. The fraction of sp³-hybridized carbons (Fsp3) is 0. The molecule has 0 spiro atoms. The molecule has 16 heavy (non-hydrogen) atoms. The van der Waals surface area contributed by atoms with Crippen molar-refractivity contribution in [2.45, 2.75) is 4.90 Å². The van der Waals surface area contributed by atoms with Crippen molar-refractivity contribution in [3.05, 3.63) is 54.6 Å². The standard InChI is InChI=1S/C12H11O2PS/c13-15(14)16-12-8-6-11(7-9-12)10-4-2-1-3-5-10/h1-9,15H,(H,13,14). The molecule has 4 heteroatoms. The Labute approximate surface area is 98.9 Å². The normalized spacial score (nSPS) is 12.3. The molecule has 0 aliphatic rings. The summed E-state index contributed by atoms with van der Waals surface area (Å²) >= 11 is 1.00. The van der Waals surface area contributed by atoms with E-state index in [1.165, 1.54) is 0 Å². The molecule has 2 aromatic rings. The molecule has 0 fully saturated rings. The van der Waals surface area contributed by atoms with E-state index in [9.17, 15) is 4.57 Å². The van der Waals surface area contributed by atoms with Crippen LogP contribution >= 0.6 is 18.6 Å². The van der Waals surface area contributed by atoms with Crippen LogP contribution in [0.2, 0.25) is 0 Å². The third-order valence-electron chi connectivity index (χ3n) is 2.17. The highest BCUT2D eigenvalue weighted by molar-refractivity contribution is 8.50. The molecule has 0 aliphatic carbocycles. The Balaban J connectivity index is 2.23. The van der Waals surface area contributed by atoms with Gasteiger partial charge in [0.25, 0.3) is 0 Å². The maximum atomic E-state index is 10.7. The molecular weight excluding hydrogens is 239 g/mol. The van der Waals surface area contributed by atoms with Crippen LogP contribution in [0.1, 0.15) is 0 Å². The summed E-state index contributed by atoms with van der Waals surface area (Å²) in [5.41, 5.74) is 2.26. The van der Waals surface area contributed by atoms with Gasteiger partial charge in [-0.25, -0.2) is 0 Å². The van der Waals surface area contributed by atoms with Gasteiger partial charge >= 0.3 is 0 Å². The molecule has 1 N–H and O–H groups in total. The third kappa shape index (κ3) is 2.99. The van der Waals surface area contributed by atoms with E-state index in [0.29, 0.717) is 0 Å². The van der Waals surface area contributed by atoms with Crippen molar-refractivity contribution in [3.63, 3.8) is 0 Å². The van der Waals surface area contributed by atoms with E-state index < -0.39 is 7.23 Å². The zero-order chi connectivity index (χ0) is 11.4. The lowest BCUT2D eigenvalue weighted by atomic mass is 10.1. The molecule has 1 unspecified atom stereocenters. The van der Waals surface area contributed by atoms with Crippen molar-refractivity contribution in [2.75, 3.05) is 0 Å². The first-order chi connectivity index (χ1) is 7.75. The molecule has 2 nitrogen and oxygen atoms in total. The van der Waals surface area contributed by atoms with Gasteiger partial charge < -0.3 is 4.89 Å². The lowest BCUT2D eigenvalue weighted by molar-refractivity contribution is 0.519. The van der Waals surface area contributed by atoms with E-state index in [1.807, 2.05) is 54.6 Å². The average Bonchev–Trinajstić information content (AvgIpc) is 2.30. The van der Waals surface area contributed by atoms with Crippen LogP contribution in [0.25, 0.3) is 11.1 Å². The van der Waals surface area contributed by atoms with Gasteiger partial charge in [-0.05, 0) is 34.6 Å². The van der Waals surface area contributed by atoms with Crippen LogP contribution in [-0.4, -0.2) is 4.89 Å².